The normalized spacial score (nSPS) is 24.3. The topological polar surface area (TPSA) is 122 Å². The molecular weight excluding hydrogens is 456 g/mol. The van der Waals surface area contributed by atoms with Gasteiger partial charge in [-0.05, 0) is 46.8 Å². The Hall–Kier alpha value is -3.90. The smallest absolute Gasteiger partial charge is 0.341 e. The van der Waals surface area contributed by atoms with Crippen molar-refractivity contribution < 1.29 is 28.5 Å². The molecule has 0 saturated carbocycles. The summed E-state index contributed by atoms with van der Waals surface area (Å²) >= 11 is 0. The lowest BCUT2D eigenvalue weighted by atomic mass is 10.1. The van der Waals surface area contributed by atoms with Gasteiger partial charge in [-0.3, -0.25) is 4.79 Å². The number of tetrazole rings is 1. The van der Waals surface area contributed by atoms with Crippen molar-refractivity contribution in [3.8, 4) is 23.3 Å². The Balaban J connectivity index is 1.13. The molecule has 12 heteroatoms. The van der Waals surface area contributed by atoms with Gasteiger partial charge in [0.15, 0.2) is 11.5 Å². The molecule has 1 amide bonds. The van der Waals surface area contributed by atoms with Gasteiger partial charge in [0, 0.05) is 31.4 Å². The van der Waals surface area contributed by atoms with Crippen LogP contribution in [0.2, 0.25) is 0 Å². The van der Waals surface area contributed by atoms with Crippen LogP contribution in [0.25, 0.3) is 0 Å². The van der Waals surface area contributed by atoms with Gasteiger partial charge in [0.05, 0.1) is 19.3 Å². The second-order valence-electron chi connectivity index (χ2n) is 8.71. The number of carbonyl (C=O) groups excluding carboxylic acids is 1. The first kappa shape index (κ1) is 21.6. The molecule has 1 N–H and O–H groups in total. The van der Waals surface area contributed by atoms with E-state index in [0.29, 0.717) is 36.0 Å². The highest BCUT2D eigenvalue weighted by molar-refractivity contribution is 5.94. The van der Waals surface area contributed by atoms with Crippen LogP contribution in [0.5, 0.6) is 23.3 Å². The molecule has 0 aliphatic carbocycles. The number of fused-ring (bicyclic) bond motifs is 2. The van der Waals surface area contributed by atoms with Crippen LogP contribution in [0.4, 0.5) is 5.69 Å². The SMILES string of the molecule is CN(C)c1ccc(C(=O)NC2COC3C2OCC3n2nnnc2Oc2ccc3c(c2)OCO3)cc1. The maximum Gasteiger partial charge on any atom is 0.341 e. The molecule has 3 aliphatic heterocycles. The summed E-state index contributed by atoms with van der Waals surface area (Å²) in [5.74, 6) is 1.59. The van der Waals surface area contributed by atoms with E-state index >= 15 is 0 Å². The highest BCUT2D eigenvalue weighted by Gasteiger charge is 2.50. The number of amides is 1. The molecule has 2 fully saturated rings. The molecule has 0 bridgehead atoms. The van der Waals surface area contributed by atoms with E-state index in [-0.39, 0.29) is 43.0 Å². The number of nitrogens with one attached hydrogen (secondary N) is 1. The monoisotopic (exact) mass is 480 g/mol. The molecular formula is C23H24N6O6. The van der Waals surface area contributed by atoms with Gasteiger partial charge < -0.3 is 33.9 Å². The Kier molecular flexibility index (Phi) is 5.38. The zero-order valence-electron chi connectivity index (χ0n) is 19.2. The van der Waals surface area contributed by atoms with Gasteiger partial charge in [-0.25, -0.2) is 0 Å². The summed E-state index contributed by atoms with van der Waals surface area (Å²) in [5.41, 5.74) is 1.60. The number of nitrogens with zero attached hydrogens (tertiary/aromatic N) is 5. The van der Waals surface area contributed by atoms with Gasteiger partial charge in [-0.15, -0.1) is 0 Å². The minimum Gasteiger partial charge on any atom is -0.454 e. The van der Waals surface area contributed by atoms with E-state index < -0.39 is 0 Å². The molecule has 3 aromatic rings. The molecule has 4 atom stereocenters. The Labute approximate surface area is 200 Å². The van der Waals surface area contributed by atoms with E-state index in [2.05, 4.69) is 20.8 Å². The van der Waals surface area contributed by atoms with Crippen molar-refractivity contribution in [2.75, 3.05) is 39.0 Å². The number of hydrogen-bond acceptors (Lipinski definition) is 10. The number of carbonyl (C=O) groups is 1. The van der Waals surface area contributed by atoms with E-state index in [1.165, 1.54) is 0 Å². The molecule has 0 spiro atoms. The second kappa shape index (κ2) is 8.71. The number of aromatic nitrogens is 4. The molecule has 1 aromatic heterocycles. The van der Waals surface area contributed by atoms with E-state index in [1.54, 1.807) is 35.0 Å². The van der Waals surface area contributed by atoms with Crippen LogP contribution >= 0.6 is 0 Å². The number of anilines is 1. The van der Waals surface area contributed by atoms with Crippen LogP contribution in [0, 0.1) is 0 Å². The van der Waals surface area contributed by atoms with Gasteiger partial charge in [-0.2, -0.15) is 4.68 Å². The van der Waals surface area contributed by atoms with Gasteiger partial charge in [0.1, 0.15) is 24.0 Å². The van der Waals surface area contributed by atoms with Crippen molar-refractivity contribution in [2.45, 2.75) is 24.3 Å². The Morgan fingerprint density at radius 2 is 1.86 bits per heavy atom. The molecule has 35 heavy (non-hydrogen) atoms. The van der Waals surface area contributed by atoms with E-state index in [0.717, 1.165) is 5.69 Å². The van der Waals surface area contributed by atoms with Gasteiger partial charge in [-0.1, -0.05) is 5.10 Å². The lowest BCUT2D eigenvalue weighted by Gasteiger charge is -2.18. The molecule has 4 unspecified atom stereocenters. The fraction of sp³-hybridized carbons (Fsp3) is 0.391. The quantitative estimate of drug-likeness (QED) is 0.554. The van der Waals surface area contributed by atoms with Crippen molar-refractivity contribution in [3.05, 3.63) is 48.0 Å². The van der Waals surface area contributed by atoms with E-state index in [1.807, 2.05) is 31.1 Å². The maximum absolute atomic E-state index is 12.8. The van der Waals surface area contributed by atoms with Crippen LogP contribution in [0.3, 0.4) is 0 Å². The number of rotatable bonds is 6. The second-order valence-corrected chi connectivity index (χ2v) is 8.71. The summed E-state index contributed by atoms with van der Waals surface area (Å²) in [6.45, 7) is 0.824. The molecule has 0 radical (unpaired) electrons. The third-order valence-electron chi connectivity index (χ3n) is 6.32. The predicted octanol–water partition coefficient (Wildman–Crippen LogP) is 1.40. The molecule has 4 heterocycles. The van der Waals surface area contributed by atoms with Gasteiger partial charge in [0.25, 0.3) is 5.91 Å². The van der Waals surface area contributed by atoms with E-state index in [4.69, 9.17) is 23.7 Å². The van der Waals surface area contributed by atoms with Gasteiger partial charge >= 0.3 is 6.01 Å². The molecule has 12 nitrogen and oxygen atoms in total. The van der Waals surface area contributed by atoms with Crippen molar-refractivity contribution in [1.29, 1.82) is 0 Å². The minimum atomic E-state index is -0.334. The standard InChI is InChI=1S/C23H24N6O6/c1-28(2)14-5-3-13(4-6-14)22(30)24-16-10-31-21-17(11-32-20(16)21)29-23(25-26-27-29)35-15-7-8-18-19(9-15)34-12-33-18/h3-9,16-17,20-21H,10-12H2,1-2H3,(H,24,30). The summed E-state index contributed by atoms with van der Waals surface area (Å²) in [6.07, 6.45) is -0.661. The minimum absolute atomic E-state index is 0.175. The van der Waals surface area contributed by atoms with Crippen molar-refractivity contribution in [3.63, 3.8) is 0 Å². The number of hydrogen-bond donors (Lipinski definition) is 1. The summed E-state index contributed by atoms with van der Waals surface area (Å²) in [5, 5.41) is 14.9. The van der Waals surface area contributed by atoms with Crippen LogP contribution in [0.1, 0.15) is 16.4 Å². The Morgan fingerprint density at radius 3 is 2.69 bits per heavy atom. The summed E-state index contributed by atoms with van der Waals surface area (Å²) in [4.78, 5) is 14.8. The van der Waals surface area contributed by atoms with Crippen LogP contribution in [-0.2, 0) is 9.47 Å². The Bertz CT molecular complexity index is 1230. The van der Waals surface area contributed by atoms with Crippen LogP contribution in [0.15, 0.2) is 42.5 Å². The average Bonchev–Trinajstić information content (AvgIpc) is 3.65. The molecule has 182 valence electrons. The maximum atomic E-state index is 12.8. The first-order valence-corrected chi connectivity index (χ1v) is 11.2. The van der Waals surface area contributed by atoms with Crippen molar-refractivity contribution in [2.24, 2.45) is 0 Å². The lowest BCUT2D eigenvalue weighted by Crippen LogP contribution is -2.44. The molecule has 2 aromatic carbocycles. The fourth-order valence-corrected chi connectivity index (χ4v) is 4.48. The highest BCUT2D eigenvalue weighted by atomic mass is 16.7. The number of benzene rings is 2. The largest absolute Gasteiger partial charge is 0.454 e. The van der Waals surface area contributed by atoms with Crippen molar-refractivity contribution >= 4 is 11.6 Å². The third kappa shape index (κ3) is 4.00. The Morgan fingerprint density at radius 1 is 1.06 bits per heavy atom. The lowest BCUT2D eigenvalue weighted by molar-refractivity contribution is 0.0606. The summed E-state index contributed by atoms with van der Waals surface area (Å²) in [7, 11) is 3.91. The van der Waals surface area contributed by atoms with Gasteiger partial charge in [0.2, 0.25) is 6.79 Å². The van der Waals surface area contributed by atoms with Crippen LogP contribution in [-0.4, -0.2) is 78.5 Å². The first-order valence-electron chi connectivity index (χ1n) is 11.2. The molecule has 6 rings (SSSR count). The van der Waals surface area contributed by atoms with Crippen molar-refractivity contribution in [1.82, 2.24) is 25.5 Å². The van der Waals surface area contributed by atoms with Crippen LogP contribution < -0.4 is 24.4 Å². The summed E-state index contributed by atoms with van der Waals surface area (Å²) < 4.78 is 30.3. The van der Waals surface area contributed by atoms with E-state index in [9.17, 15) is 4.79 Å². The fourth-order valence-electron chi connectivity index (χ4n) is 4.48. The molecule has 2 saturated heterocycles. The molecule has 3 aliphatic rings. The third-order valence-corrected chi connectivity index (χ3v) is 6.32. The number of ether oxygens (including phenoxy) is 5. The predicted molar refractivity (Wildman–Crippen MR) is 121 cm³/mol. The zero-order valence-corrected chi connectivity index (χ0v) is 19.2. The first-order chi connectivity index (χ1) is 17.1. The average molecular weight is 480 g/mol. The highest BCUT2D eigenvalue weighted by Crippen LogP contribution is 2.38. The summed E-state index contributed by atoms with van der Waals surface area (Å²) in [6, 6.07) is 12.3. The zero-order chi connectivity index (χ0) is 23.9.